The van der Waals surface area contributed by atoms with Crippen LogP contribution in [0.3, 0.4) is 0 Å². The highest BCUT2D eigenvalue weighted by atomic mass is 32.1. The molecule has 1 aliphatic rings. The van der Waals surface area contributed by atoms with Gasteiger partial charge in [0.1, 0.15) is 0 Å². The second kappa shape index (κ2) is 4.89. The summed E-state index contributed by atoms with van der Waals surface area (Å²) in [6.07, 6.45) is 6.28. The Labute approximate surface area is 103 Å². The second-order valence-electron chi connectivity index (χ2n) is 5.57. The van der Waals surface area contributed by atoms with Gasteiger partial charge in [0.15, 0.2) is 0 Å². The number of thiophene rings is 1. The molecule has 1 saturated carbocycles. The van der Waals surface area contributed by atoms with Gasteiger partial charge in [0.2, 0.25) is 0 Å². The lowest BCUT2D eigenvalue weighted by atomic mass is 9.86. The van der Waals surface area contributed by atoms with Crippen LogP contribution in [0.5, 0.6) is 0 Å². The minimum absolute atomic E-state index is 0.0300. The predicted molar refractivity (Wildman–Crippen MR) is 71.6 cm³/mol. The van der Waals surface area contributed by atoms with Crippen molar-refractivity contribution in [3.05, 3.63) is 22.4 Å². The molecule has 2 rings (SSSR count). The van der Waals surface area contributed by atoms with Gasteiger partial charge in [-0.05, 0) is 42.5 Å². The molecular formula is C14H23NS. The Morgan fingerprint density at radius 3 is 2.81 bits per heavy atom. The molecule has 1 fully saturated rings. The van der Waals surface area contributed by atoms with Crippen molar-refractivity contribution >= 4 is 11.3 Å². The van der Waals surface area contributed by atoms with Crippen LogP contribution in [0.25, 0.3) is 0 Å². The van der Waals surface area contributed by atoms with Crippen LogP contribution < -0.4 is 5.73 Å². The molecule has 0 bridgehead atoms. The average Bonchev–Trinajstić information content (AvgIpc) is 2.70. The zero-order valence-corrected chi connectivity index (χ0v) is 11.2. The molecule has 1 aromatic heterocycles. The van der Waals surface area contributed by atoms with Crippen LogP contribution in [0.15, 0.2) is 17.5 Å². The van der Waals surface area contributed by atoms with Gasteiger partial charge in [-0.1, -0.05) is 32.8 Å². The quantitative estimate of drug-likeness (QED) is 0.769. The minimum Gasteiger partial charge on any atom is -0.321 e. The molecule has 0 aromatic carbocycles. The highest BCUT2D eigenvalue weighted by molar-refractivity contribution is 7.10. The number of hydrogen-bond donors (Lipinski definition) is 1. The van der Waals surface area contributed by atoms with E-state index >= 15 is 0 Å². The standard InChI is InChI=1S/C14H23NS/c1-11(2)12-5-3-8-14(15,9-7-12)13-6-4-10-16-13/h4,6,10-12H,3,5,7-9,15H2,1-2H3. The smallest absolute Gasteiger partial charge is 0.0503 e. The van der Waals surface area contributed by atoms with Gasteiger partial charge in [0, 0.05) is 4.88 Å². The largest absolute Gasteiger partial charge is 0.321 e. The first-order valence-corrected chi connectivity index (χ1v) is 7.33. The van der Waals surface area contributed by atoms with Crippen molar-refractivity contribution in [1.29, 1.82) is 0 Å². The van der Waals surface area contributed by atoms with Crippen molar-refractivity contribution in [2.75, 3.05) is 0 Å². The molecule has 0 amide bonds. The summed E-state index contributed by atoms with van der Waals surface area (Å²) >= 11 is 1.82. The topological polar surface area (TPSA) is 26.0 Å². The molecule has 1 heterocycles. The molecule has 1 aromatic rings. The third-order valence-corrected chi connectivity index (χ3v) is 5.20. The Bertz CT molecular complexity index is 317. The van der Waals surface area contributed by atoms with Crippen molar-refractivity contribution in [3.8, 4) is 0 Å². The van der Waals surface area contributed by atoms with Gasteiger partial charge in [-0.2, -0.15) is 0 Å². The molecule has 2 heteroatoms. The molecule has 0 saturated heterocycles. The number of nitrogens with two attached hydrogens (primary N) is 1. The molecule has 1 aliphatic carbocycles. The van der Waals surface area contributed by atoms with E-state index in [-0.39, 0.29) is 5.54 Å². The fraction of sp³-hybridized carbons (Fsp3) is 0.714. The highest BCUT2D eigenvalue weighted by Gasteiger charge is 2.32. The average molecular weight is 237 g/mol. The third kappa shape index (κ3) is 2.49. The zero-order valence-electron chi connectivity index (χ0n) is 10.4. The Kier molecular flexibility index (Phi) is 3.70. The summed E-state index contributed by atoms with van der Waals surface area (Å²) in [5, 5.41) is 2.15. The SMILES string of the molecule is CC(C)C1CCCC(N)(c2cccs2)CC1. The van der Waals surface area contributed by atoms with Crippen LogP contribution in [-0.2, 0) is 5.54 Å². The van der Waals surface area contributed by atoms with Gasteiger partial charge in [-0.15, -0.1) is 11.3 Å². The molecule has 2 N–H and O–H groups in total. The lowest BCUT2D eigenvalue weighted by molar-refractivity contribution is 0.327. The molecular weight excluding hydrogens is 214 g/mol. The van der Waals surface area contributed by atoms with E-state index in [1.807, 2.05) is 11.3 Å². The zero-order chi connectivity index (χ0) is 11.6. The summed E-state index contributed by atoms with van der Waals surface area (Å²) in [6.45, 7) is 4.69. The van der Waals surface area contributed by atoms with E-state index in [1.54, 1.807) is 0 Å². The first-order valence-electron chi connectivity index (χ1n) is 6.45. The Morgan fingerprint density at radius 1 is 1.38 bits per heavy atom. The third-order valence-electron chi connectivity index (χ3n) is 4.11. The monoisotopic (exact) mass is 237 g/mol. The first-order chi connectivity index (χ1) is 7.62. The van der Waals surface area contributed by atoms with Crippen molar-refractivity contribution in [2.45, 2.75) is 51.5 Å². The fourth-order valence-electron chi connectivity index (χ4n) is 2.87. The summed E-state index contributed by atoms with van der Waals surface area (Å²) in [6, 6.07) is 4.33. The van der Waals surface area contributed by atoms with Crippen LogP contribution in [0.4, 0.5) is 0 Å². The fourth-order valence-corrected chi connectivity index (χ4v) is 3.77. The van der Waals surface area contributed by atoms with Crippen molar-refractivity contribution in [1.82, 2.24) is 0 Å². The Morgan fingerprint density at radius 2 is 2.19 bits per heavy atom. The van der Waals surface area contributed by atoms with Crippen LogP contribution in [0.2, 0.25) is 0 Å². The van der Waals surface area contributed by atoms with Gasteiger partial charge in [-0.3, -0.25) is 0 Å². The van der Waals surface area contributed by atoms with Gasteiger partial charge in [0.25, 0.3) is 0 Å². The molecule has 16 heavy (non-hydrogen) atoms. The van der Waals surface area contributed by atoms with E-state index in [9.17, 15) is 0 Å². The summed E-state index contributed by atoms with van der Waals surface area (Å²) in [7, 11) is 0. The van der Waals surface area contributed by atoms with Crippen molar-refractivity contribution in [2.24, 2.45) is 17.6 Å². The van der Waals surface area contributed by atoms with E-state index < -0.39 is 0 Å². The van der Waals surface area contributed by atoms with Gasteiger partial charge >= 0.3 is 0 Å². The summed E-state index contributed by atoms with van der Waals surface area (Å²) in [4.78, 5) is 1.39. The normalized spacial score (nSPS) is 31.6. The summed E-state index contributed by atoms with van der Waals surface area (Å²) in [5.74, 6) is 1.69. The molecule has 0 spiro atoms. The molecule has 0 aliphatic heterocycles. The Balaban J connectivity index is 2.08. The number of hydrogen-bond acceptors (Lipinski definition) is 2. The van der Waals surface area contributed by atoms with E-state index in [2.05, 4.69) is 31.4 Å². The van der Waals surface area contributed by atoms with Crippen molar-refractivity contribution in [3.63, 3.8) is 0 Å². The van der Waals surface area contributed by atoms with Crippen LogP contribution in [0.1, 0.15) is 50.8 Å². The molecule has 0 radical (unpaired) electrons. The van der Waals surface area contributed by atoms with E-state index in [4.69, 9.17) is 5.73 Å². The molecule has 2 unspecified atom stereocenters. The summed E-state index contributed by atoms with van der Waals surface area (Å²) < 4.78 is 0. The highest BCUT2D eigenvalue weighted by Crippen LogP contribution is 2.39. The van der Waals surface area contributed by atoms with Crippen molar-refractivity contribution < 1.29 is 0 Å². The summed E-state index contributed by atoms with van der Waals surface area (Å²) in [5.41, 5.74) is 6.57. The second-order valence-corrected chi connectivity index (χ2v) is 6.52. The maximum absolute atomic E-state index is 6.60. The first kappa shape index (κ1) is 12.1. The molecule has 1 nitrogen and oxygen atoms in total. The lowest BCUT2D eigenvalue weighted by Crippen LogP contribution is -2.35. The lowest BCUT2D eigenvalue weighted by Gasteiger charge is -2.27. The molecule has 90 valence electrons. The maximum Gasteiger partial charge on any atom is 0.0503 e. The van der Waals surface area contributed by atoms with Gasteiger partial charge < -0.3 is 5.73 Å². The van der Waals surface area contributed by atoms with E-state index in [0.717, 1.165) is 24.7 Å². The van der Waals surface area contributed by atoms with Crippen LogP contribution in [-0.4, -0.2) is 0 Å². The van der Waals surface area contributed by atoms with E-state index in [1.165, 1.54) is 24.1 Å². The predicted octanol–water partition coefficient (Wildman–Crippen LogP) is 4.14. The van der Waals surface area contributed by atoms with Gasteiger partial charge in [-0.25, -0.2) is 0 Å². The van der Waals surface area contributed by atoms with Crippen LogP contribution >= 0.6 is 11.3 Å². The maximum atomic E-state index is 6.60. The number of rotatable bonds is 2. The van der Waals surface area contributed by atoms with E-state index in [0.29, 0.717) is 0 Å². The Hall–Kier alpha value is -0.340. The van der Waals surface area contributed by atoms with Crippen LogP contribution in [0, 0.1) is 11.8 Å². The minimum atomic E-state index is -0.0300. The van der Waals surface area contributed by atoms with Gasteiger partial charge in [0.05, 0.1) is 5.54 Å². The molecule has 2 atom stereocenters.